The molecule has 0 aromatic carbocycles. The van der Waals surface area contributed by atoms with Crippen LogP contribution in [0.25, 0.3) is 0 Å². The Morgan fingerprint density at radius 2 is 2.50 bits per heavy atom. The Morgan fingerprint density at radius 1 is 1.80 bits per heavy atom. The lowest BCUT2D eigenvalue weighted by atomic mass is 9.93. The molecule has 3 heteroatoms. The van der Waals surface area contributed by atoms with Gasteiger partial charge in [0.15, 0.2) is 5.78 Å². The SMILES string of the molecule is CCC1COCC(=O)C1N. The van der Waals surface area contributed by atoms with Crippen molar-refractivity contribution in [2.45, 2.75) is 19.4 Å². The Balaban J connectivity index is 2.51. The number of nitrogens with two attached hydrogens (primary N) is 1. The molecule has 2 N–H and O–H groups in total. The second-order valence-corrected chi connectivity index (χ2v) is 2.68. The van der Waals surface area contributed by atoms with Crippen LogP contribution in [-0.2, 0) is 9.53 Å². The van der Waals surface area contributed by atoms with E-state index in [0.717, 1.165) is 6.42 Å². The smallest absolute Gasteiger partial charge is 0.175 e. The van der Waals surface area contributed by atoms with Crippen LogP contribution in [0, 0.1) is 5.92 Å². The molecule has 1 aliphatic heterocycles. The Bertz CT molecular complexity index is 136. The summed E-state index contributed by atoms with van der Waals surface area (Å²) < 4.78 is 5.03. The Hall–Kier alpha value is -0.410. The normalized spacial score (nSPS) is 34.4. The molecule has 0 amide bonds. The summed E-state index contributed by atoms with van der Waals surface area (Å²) in [7, 11) is 0. The molecule has 2 unspecified atom stereocenters. The largest absolute Gasteiger partial charge is 0.373 e. The minimum Gasteiger partial charge on any atom is -0.373 e. The molecule has 0 aromatic rings. The number of Topliss-reactive ketones (excluding diaryl/α,β-unsaturated/α-hetero) is 1. The maximum absolute atomic E-state index is 10.9. The lowest BCUT2D eigenvalue weighted by Gasteiger charge is -2.25. The van der Waals surface area contributed by atoms with E-state index >= 15 is 0 Å². The molecule has 1 rings (SSSR count). The van der Waals surface area contributed by atoms with Crippen LogP contribution in [-0.4, -0.2) is 25.0 Å². The molecule has 58 valence electrons. The standard InChI is InChI=1S/C7H13NO2/c1-2-5-3-10-4-6(9)7(5)8/h5,7H,2-4,8H2,1H3. The molecule has 0 aromatic heterocycles. The van der Waals surface area contributed by atoms with E-state index in [-0.39, 0.29) is 24.3 Å². The van der Waals surface area contributed by atoms with Crippen LogP contribution in [0.1, 0.15) is 13.3 Å². The van der Waals surface area contributed by atoms with Crippen LogP contribution in [0.3, 0.4) is 0 Å². The van der Waals surface area contributed by atoms with Crippen molar-refractivity contribution < 1.29 is 9.53 Å². The zero-order valence-corrected chi connectivity index (χ0v) is 6.17. The van der Waals surface area contributed by atoms with E-state index in [1.165, 1.54) is 0 Å². The molecule has 1 saturated heterocycles. The molecule has 0 bridgehead atoms. The number of carbonyl (C=O) groups excluding carboxylic acids is 1. The molecular formula is C7H13NO2. The van der Waals surface area contributed by atoms with Gasteiger partial charge in [-0.25, -0.2) is 0 Å². The fourth-order valence-electron chi connectivity index (χ4n) is 1.15. The third-order valence-corrected chi connectivity index (χ3v) is 1.98. The van der Waals surface area contributed by atoms with E-state index in [9.17, 15) is 4.79 Å². The summed E-state index contributed by atoms with van der Waals surface area (Å²) in [5.74, 6) is 0.277. The van der Waals surface area contributed by atoms with Crippen molar-refractivity contribution in [1.29, 1.82) is 0 Å². The van der Waals surface area contributed by atoms with E-state index in [1.807, 2.05) is 6.92 Å². The van der Waals surface area contributed by atoms with Gasteiger partial charge in [-0.3, -0.25) is 4.79 Å². The van der Waals surface area contributed by atoms with Crippen molar-refractivity contribution in [2.24, 2.45) is 11.7 Å². The van der Waals surface area contributed by atoms with Crippen molar-refractivity contribution in [1.82, 2.24) is 0 Å². The average Bonchev–Trinajstić information content (AvgIpc) is 1.95. The number of ether oxygens (including phenoxy) is 1. The summed E-state index contributed by atoms with van der Waals surface area (Å²) in [6, 6.07) is -0.279. The van der Waals surface area contributed by atoms with Gasteiger partial charge in [-0.05, 0) is 6.42 Å². The van der Waals surface area contributed by atoms with Crippen molar-refractivity contribution in [3.05, 3.63) is 0 Å². The second kappa shape index (κ2) is 3.12. The highest BCUT2D eigenvalue weighted by atomic mass is 16.5. The lowest BCUT2D eigenvalue weighted by molar-refractivity contribution is -0.132. The molecule has 0 aliphatic carbocycles. The number of hydrogen-bond acceptors (Lipinski definition) is 3. The van der Waals surface area contributed by atoms with E-state index in [4.69, 9.17) is 10.5 Å². The summed E-state index contributed by atoms with van der Waals surface area (Å²) in [5.41, 5.74) is 5.60. The molecular weight excluding hydrogens is 130 g/mol. The molecule has 2 atom stereocenters. The van der Waals surface area contributed by atoms with Gasteiger partial charge in [-0.15, -0.1) is 0 Å². The summed E-state index contributed by atoms with van der Waals surface area (Å²) in [4.78, 5) is 10.9. The fourth-order valence-corrected chi connectivity index (χ4v) is 1.15. The van der Waals surface area contributed by atoms with Crippen LogP contribution in [0.15, 0.2) is 0 Å². The first-order valence-corrected chi connectivity index (χ1v) is 3.61. The zero-order chi connectivity index (χ0) is 7.56. The number of hydrogen-bond donors (Lipinski definition) is 1. The van der Waals surface area contributed by atoms with Crippen molar-refractivity contribution in [3.8, 4) is 0 Å². The van der Waals surface area contributed by atoms with Gasteiger partial charge in [0.2, 0.25) is 0 Å². The molecule has 10 heavy (non-hydrogen) atoms. The van der Waals surface area contributed by atoms with Crippen LogP contribution in [0.4, 0.5) is 0 Å². The fraction of sp³-hybridized carbons (Fsp3) is 0.857. The van der Waals surface area contributed by atoms with Crippen molar-refractivity contribution in [3.63, 3.8) is 0 Å². The molecule has 0 spiro atoms. The minimum atomic E-state index is -0.279. The van der Waals surface area contributed by atoms with Crippen LogP contribution < -0.4 is 5.73 Å². The van der Waals surface area contributed by atoms with E-state index in [1.54, 1.807) is 0 Å². The molecule has 1 fully saturated rings. The third-order valence-electron chi connectivity index (χ3n) is 1.98. The van der Waals surface area contributed by atoms with E-state index in [0.29, 0.717) is 6.61 Å². The van der Waals surface area contributed by atoms with Gasteiger partial charge in [0.25, 0.3) is 0 Å². The van der Waals surface area contributed by atoms with Gasteiger partial charge in [-0.2, -0.15) is 0 Å². The van der Waals surface area contributed by atoms with Gasteiger partial charge >= 0.3 is 0 Å². The van der Waals surface area contributed by atoms with Gasteiger partial charge in [0, 0.05) is 5.92 Å². The van der Waals surface area contributed by atoms with Crippen molar-refractivity contribution >= 4 is 5.78 Å². The minimum absolute atomic E-state index is 0.0399. The zero-order valence-electron chi connectivity index (χ0n) is 6.17. The Labute approximate surface area is 60.5 Å². The average molecular weight is 143 g/mol. The van der Waals surface area contributed by atoms with E-state index < -0.39 is 0 Å². The summed E-state index contributed by atoms with van der Waals surface area (Å²) in [6.45, 7) is 2.87. The number of ketones is 1. The lowest BCUT2D eigenvalue weighted by Crippen LogP contribution is -2.46. The Morgan fingerprint density at radius 3 is 3.00 bits per heavy atom. The first-order valence-electron chi connectivity index (χ1n) is 3.61. The Kier molecular flexibility index (Phi) is 2.40. The quantitative estimate of drug-likeness (QED) is 0.559. The molecule has 1 aliphatic rings. The van der Waals surface area contributed by atoms with Crippen LogP contribution >= 0.6 is 0 Å². The first kappa shape index (κ1) is 7.69. The van der Waals surface area contributed by atoms with Gasteiger partial charge < -0.3 is 10.5 Å². The maximum Gasteiger partial charge on any atom is 0.175 e. The molecule has 1 heterocycles. The third kappa shape index (κ3) is 1.36. The number of carbonyl (C=O) groups is 1. The van der Waals surface area contributed by atoms with Gasteiger partial charge in [0.1, 0.15) is 6.61 Å². The topological polar surface area (TPSA) is 52.3 Å². The highest BCUT2D eigenvalue weighted by Gasteiger charge is 2.27. The molecule has 0 saturated carbocycles. The summed E-state index contributed by atoms with van der Waals surface area (Å²) >= 11 is 0. The van der Waals surface area contributed by atoms with Crippen LogP contribution in [0.5, 0.6) is 0 Å². The van der Waals surface area contributed by atoms with Gasteiger partial charge in [0.05, 0.1) is 12.6 Å². The maximum atomic E-state index is 10.9. The number of rotatable bonds is 1. The summed E-state index contributed by atoms with van der Waals surface area (Å²) in [6.07, 6.45) is 0.924. The van der Waals surface area contributed by atoms with Crippen molar-refractivity contribution in [2.75, 3.05) is 13.2 Å². The summed E-state index contributed by atoms with van der Waals surface area (Å²) in [5, 5.41) is 0. The molecule has 0 radical (unpaired) electrons. The van der Waals surface area contributed by atoms with Gasteiger partial charge in [-0.1, -0.05) is 6.92 Å². The predicted molar refractivity (Wildman–Crippen MR) is 37.6 cm³/mol. The van der Waals surface area contributed by atoms with Crippen LogP contribution in [0.2, 0.25) is 0 Å². The highest BCUT2D eigenvalue weighted by Crippen LogP contribution is 2.12. The second-order valence-electron chi connectivity index (χ2n) is 2.68. The first-order chi connectivity index (χ1) is 4.75. The highest BCUT2D eigenvalue weighted by molar-refractivity contribution is 5.85. The molecule has 3 nitrogen and oxygen atoms in total. The predicted octanol–water partition coefficient (Wildman–Crippen LogP) is -0.0608. The van der Waals surface area contributed by atoms with E-state index in [2.05, 4.69) is 0 Å². The monoisotopic (exact) mass is 143 g/mol.